The Morgan fingerprint density at radius 1 is 1.26 bits per heavy atom. The van der Waals surface area contributed by atoms with E-state index in [0.717, 1.165) is 25.0 Å². The van der Waals surface area contributed by atoms with E-state index >= 15 is 0 Å². The Balaban J connectivity index is 1.69. The highest BCUT2D eigenvalue weighted by atomic mass is 19.4. The van der Waals surface area contributed by atoms with Crippen molar-refractivity contribution in [2.75, 3.05) is 13.2 Å². The number of carboxylic acids is 1. The van der Waals surface area contributed by atoms with Gasteiger partial charge in [0.05, 0.1) is 11.5 Å². The molecule has 0 unspecified atom stereocenters. The monoisotopic (exact) mass is 331 g/mol. The number of hydrogen-bond acceptors (Lipinski definition) is 3. The standard InChI is InChI=1S/C16H20F3NO3/c17-16(18,19)12-2-1-3-14(10-12)23-9-8-20-13-6-4-11(5-7-13)15(21)22/h1-3,10-11,13,20H,4-9H2,(H,21,22). The van der Waals surface area contributed by atoms with Crippen LogP contribution in [0.4, 0.5) is 13.2 Å². The molecular formula is C16H20F3NO3. The van der Waals surface area contributed by atoms with Gasteiger partial charge in [-0.2, -0.15) is 13.2 Å². The maximum Gasteiger partial charge on any atom is 0.416 e. The first-order valence-electron chi connectivity index (χ1n) is 7.62. The molecule has 0 aliphatic heterocycles. The lowest BCUT2D eigenvalue weighted by Gasteiger charge is -2.26. The summed E-state index contributed by atoms with van der Waals surface area (Å²) in [5.41, 5.74) is -0.727. The number of rotatable bonds is 6. The molecule has 128 valence electrons. The number of ether oxygens (including phenoxy) is 1. The van der Waals surface area contributed by atoms with Crippen molar-refractivity contribution in [1.29, 1.82) is 0 Å². The first-order valence-corrected chi connectivity index (χ1v) is 7.62. The van der Waals surface area contributed by atoms with Crippen molar-refractivity contribution in [2.45, 2.75) is 37.9 Å². The summed E-state index contributed by atoms with van der Waals surface area (Å²) in [6, 6.07) is 5.05. The van der Waals surface area contributed by atoms with Gasteiger partial charge in [-0.1, -0.05) is 6.07 Å². The molecule has 4 nitrogen and oxygen atoms in total. The number of benzene rings is 1. The molecule has 0 bridgehead atoms. The summed E-state index contributed by atoms with van der Waals surface area (Å²) < 4.78 is 43.1. The number of alkyl halides is 3. The third-order valence-corrected chi connectivity index (χ3v) is 4.04. The Hall–Kier alpha value is -1.76. The second-order valence-electron chi connectivity index (χ2n) is 5.71. The molecular weight excluding hydrogens is 311 g/mol. The second kappa shape index (κ2) is 7.68. The third kappa shape index (κ3) is 5.42. The van der Waals surface area contributed by atoms with Gasteiger partial charge in [-0.3, -0.25) is 4.79 Å². The highest BCUT2D eigenvalue weighted by Gasteiger charge is 2.30. The maximum absolute atomic E-state index is 12.6. The minimum atomic E-state index is -4.37. The van der Waals surface area contributed by atoms with E-state index in [0.29, 0.717) is 19.4 Å². The van der Waals surface area contributed by atoms with Gasteiger partial charge in [0.1, 0.15) is 12.4 Å². The number of aliphatic carboxylic acids is 1. The molecule has 1 aliphatic rings. The van der Waals surface area contributed by atoms with Crippen molar-refractivity contribution in [3.63, 3.8) is 0 Å². The summed E-state index contributed by atoms with van der Waals surface area (Å²) in [5.74, 6) is -0.804. The van der Waals surface area contributed by atoms with Gasteiger partial charge in [-0.25, -0.2) is 0 Å². The van der Waals surface area contributed by atoms with Gasteiger partial charge in [0.25, 0.3) is 0 Å². The van der Waals surface area contributed by atoms with Crippen LogP contribution in [0.15, 0.2) is 24.3 Å². The molecule has 2 N–H and O–H groups in total. The van der Waals surface area contributed by atoms with Crippen LogP contribution in [-0.4, -0.2) is 30.3 Å². The van der Waals surface area contributed by atoms with Gasteiger partial charge in [0.15, 0.2) is 0 Å². The molecule has 23 heavy (non-hydrogen) atoms. The van der Waals surface area contributed by atoms with Crippen LogP contribution in [-0.2, 0) is 11.0 Å². The average Bonchev–Trinajstić information content (AvgIpc) is 2.51. The number of hydrogen-bond donors (Lipinski definition) is 2. The lowest BCUT2D eigenvalue weighted by molar-refractivity contribution is -0.143. The van der Waals surface area contributed by atoms with Crippen LogP contribution in [0.25, 0.3) is 0 Å². The topological polar surface area (TPSA) is 58.6 Å². The number of nitrogens with one attached hydrogen (secondary N) is 1. The van der Waals surface area contributed by atoms with E-state index < -0.39 is 17.7 Å². The Morgan fingerprint density at radius 3 is 2.57 bits per heavy atom. The molecule has 0 radical (unpaired) electrons. The number of carboxylic acid groups (broad SMARTS) is 1. The third-order valence-electron chi connectivity index (χ3n) is 4.04. The Kier molecular flexibility index (Phi) is 5.87. The van der Waals surface area contributed by atoms with Gasteiger partial charge in [0, 0.05) is 12.6 Å². The summed E-state index contributed by atoms with van der Waals surface area (Å²) in [7, 11) is 0. The SMILES string of the molecule is O=C(O)C1CCC(NCCOc2cccc(C(F)(F)F)c2)CC1. The molecule has 2 rings (SSSR count). The zero-order chi connectivity index (χ0) is 16.9. The predicted molar refractivity (Wildman–Crippen MR) is 78.3 cm³/mol. The van der Waals surface area contributed by atoms with Crippen LogP contribution in [0.3, 0.4) is 0 Å². The van der Waals surface area contributed by atoms with Crippen LogP contribution in [0.2, 0.25) is 0 Å². The van der Waals surface area contributed by atoms with Crippen molar-refractivity contribution in [3.8, 4) is 5.75 Å². The van der Waals surface area contributed by atoms with Crippen LogP contribution in [0, 0.1) is 5.92 Å². The normalized spacial score (nSPS) is 21.9. The predicted octanol–water partition coefficient (Wildman–Crippen LogP) is 3.32. The van der Waals surface area contributed by atoms with Crippen molar-refractivity contribution in [3.05, 3.63) is 29.8 Å². The molecule has 0 spiro atoms. The molecule has 7 heteroatoms. The molecule has 0 atom stereocenters. The minimum Gasteiger partial charge on any atom is -0.492 e. The van der Waals surface area contributed by atoms with Crippen LogP contribution < -0.4 is 10.1 Å². The molecule has 1 saturated carbocycles. The van der Waals surface area contributed by atoms with E-state index in [2.05, 4.69) is 5.32 Å². The Labute approximate surface area is 132 Å². The van der Waals surface area contributed by atoms with Crippen LogP contribution >= 0.6 is 0 Å². The summed E-state index contributed by atoms with van der Waals surface area (Å²) in [6.45, 7) is 0.777. The molecule has 1 aromatic carbocycles. The molecule has 1 aromatic rings. The highest BCUT2D eigenvalue weighted by molar-refractivity contribution is 5.70. The first-order chi connectivity index (χ1) is 10.9. The number of carbonyl (C=O) groups is 1. The van der Waals surface area contributed by atoms with Crippen molar-refractivity contribution < 1.29 is 27.8 Å². The summed E-state index contributed by atoms with van der Waals surface area (Å²) in [5, 5.41) is 12.2. The maximum atomic E-state index is 12.6. The number of halogens is 3. The van der Waals surface area contributed by atoms with E-state index in [-0.39, 0.29) is 24.3 Å². The first kappa shape index (κ1) is 17.6. The largest absolute Gasteiger partial charge is 0.492 e. The van der Waals surface area contributed by atoms with Crippen molar-refractivity contribution in [1.82, 2.24) is 5.32 Å². The summed E-state index contributed by atoms with van der Waals surface area (Å²) in [6.07, 6.45) is -1.48. The van der Waals surface area contributed by atoms with E-state index in [1.165, 1.54) is 12.1 Å². The lowest BCUT2D eigenvalue weighted by atomic mass is 9.86. The van der Waals surface area contributed by atoms with Crippen LogP contribution in [0.1, 0.15) is 31.2 Å². The van der Waals surface area contributed by atoms with Crippen LogP contribution in [0.5, 0.6) is 5.75 Å². The fourth-order valence-corrected chi connectivity index (χ4v) is 2.74. The van der Waals surface area contributed by atoms with E-state index in [9.17, 15) is 18.0 Å². The lowest BCUT2D eigenvalue weighted by Crippen LogP contribution is -2.37. The fourth-order valence-electron chi connectivity index (χ4n) is 2.74. The van der Waals surface area contributed by atoms with Gasteiger partial charge < -0.3 is 15.2 Å². The van der Waals surface area contributed by atoms with Gasteiger partial charge >= 0.3 is 12.1 Å². The van der Waals surface area contributed by atoms with Gasteiger partial charge in [0.2, 0.25) is 0 Å². The van der Waals surface area contributed by atoms with Gasteiger partial charge in [-0.05, 0) is 43.9 Å². The fraction of sp³-hybridized carbons (Fsp3) is 0.562. The van der Waals surface area contributed by atoms with Crippen molar-refractivity contribution >= 4 is 5.97 Å². The average molecular weight is 331 g/mol. The minimum absolute atomic E-state index is 0.191. The summed E-state index contributed by atoms with van der Waals surface area (Å²) in [4.78, 5) is 10.9. The van der Waals surface area contributed by atoms with E-state index in [1.54, 1.807) is 0 Å². The molecule has 0 saturated heterocycles. The summed E-state index contributed by atoms with van der Waals surface area (Å²) >= 11 is 0. The van der Waals surface area contributed by atoms with E-state index in [1.807, 2.05) is 0 Å². The second-order valence-corrected chi connectivity index (χ2v) is 5.71. The molecule has 0 aromatic heterocycles. The van der Waals surface area contributed by atoms with Gasteiger partial charge in [-0.15, -0.1) is 0 Å². The Bertz CT molecular complexity index is 526. The molecule has 1 aliphatic carbocycles. The molecule has 0 amide bonds. The zero-order valence-corrected chi connectivity index (χ0v) is 12.6. The quantitative estimate of drug-likeness (QED) is 0.785. The zero-order valence-electron chi connectivity index (χ0n) is 12.6. The molecule has 1 fully saturated rings. The highest BCUT2D eigenvalue weighted by Crippen LogP contribution is 2.31. The smallest absolute Gasteiger partial charge is 0.416 e. The van der Waals surface area contributed by atoms with E-state index in [4.69, 9.17) is 9.84 Å². The Morgan fingerprint density at radius 2 is 1.96 bits per heavy atom. The molecule has 0 heterocycles. The van der Waals surface area contributed by atoms with Crippen molar-refractivity contribution in [2.24, 2.45) is 5.92 Å².